The van der Waals surface area contributed by atoms with E-state index in [4.69, 9.17) is 4.74 Å². The second-order valence-corrected chi connectivity index (χ2v) is 8.06. The number of hydrogen-bond donors (Lipinski definition) is 1. The zero-order chi connectivity index (χ0) is 19.3. The first kappa shape index (κ1) is 19.0. The number of hydrogen-bond acceptors (Lipinski definition) is 4. The van der Waals surface area contributed by atoms with Crippen LogP contribution in [0.5, 0.6) is 5.88 Å². The third-order valence-corrected chi connectivity index (χ3v) is 6.13. The summed E-state index contributed by atoms with van der Waals surface area (Å²) in [6.45, 7) is 2.93. The van der Waals surface area contributed by atoms with Crippen LogP contribution < -0.4 is 10.1 Å². The average molecular weight is 386 g/mol. The van der Waals surface area contributed by atoms with Gasteiger partial charge in [-0.15, -0.1) is 0 Å². The summed E-state index contributed by atoms with van der Waals surface area (Å²) in [7, 11) is 0. The molecule has 0 aromatic carbocycles. The summed E-state index contributed by atoms with van der Waals surface area (Å²) < 4.78 is 6.01. The van der Waals surface area contributed by atoms with Crippen molar-refractivity contribution in [3.63, 3.8) is 0 Å². The van der Waals surface area contributed by atoms with Crippen LogP contribution in [0.25, 0.3) is 0 Å². The van der Waals surface area contributed by atoms with Crippen molar-refractivity contribution in [3.8, 4) is 5.88 Å². The molecule has 3 amide bonds. The van der Waals surface area contributed by atoms with Crippen molar-refractivity contribution in [2.24, 2.45) is 0 Å². The van der Waals surface area contributed by atoms with E-state index in [1.807, 2.05) is 9.80 Å². The van der Waals surface area contributed by atoms with E-state index < -0.39 is 0 Å². The molecule has 0 bridgehead atoms. The van der Waals surface area contributed by atoms with Gasteiger partial charge in [-0.1, -0.05) is 6.42 Å². The van der Waals surface area contributed by atoms with Crippen LogP contribution in [-0.4, -0.2) is 65.0 Å². The number of carbonyl (C=O) groups is 2. The van der Waals surface area contributed by atoms with E-state index in [0.717, 1.165) is 45.2 Å². The van der Waals surface area contributed by atoms with Crippen molar-refractivity contribution < 1.29 is 14.3 Å². The highest BCUT2D eigenvalue weighted by molar-refractivity contribution is 5.94. The molecule has 0 radical (unpaired) electrons. The van der Waals surface area contributed by atoms with Crippen LogP contribution in [-0.2, 0) is 0 Å². The van der Waals surface area contributed by atoms with Crippen LogP contribution in [0.4, 0.5) is 4.79 Å². The van der Waals surface area contributed by atoms with Gasteiger partial charge in [0.25, 0.3) is 5.91 Å². The number of pyridine rings is 1. The number of urea groups is 1. The van der Waals surface area contributed by atoms with E-state index in [-0.39, 0.29) is 24.1 Å². The monoisotopic (exact) mass is 386 g/mol. The standard InChI is InChI=1S/C21H30N4O3/c26-20(16-7-11-22-19(15-16)28-18-5-2-1-3-6-18)24-13-8-17(9-14-24)25-12-4-10-23-21(25)27/h7,11,15,17-18H,1-6,8-10,12-14H2,(H,23,27). The first-order valence-electron chi connectivity index (χ1n) is 10.7. The Balaban J connectivity index is 1.33. The van der Waals surface area contributed by atoms with Crippen LogP contribution in [0.15, 0.2) is 18.3 Å². The second kappa shape index (κ2) is 8.80. The zero-order valence-corrected chi connectivity index (χ0v) is 16.4. The van der Waals surface area contributed by atoms with E-state index in [1.54, 1.807) is 18.3 Å². The first-order valence-corrected chi connectivity index (χ1v) is 10.7. The number of aromatic nitrogens is 1. The molecule has 3 heterocycles. The van der Waals surface area contributed by atoms with Gasteiger partial charge in [0.15, 0.2) is 0 Å². The lowest BCUT2D eigenvalue weighted by molar-refractivity contribution is 0.0641. The summed E-state index contributed by atoms with van der Waals surface area (Å²) in [5, 5.41) is 2.91. The van der Waals surface area contributed by atoms with E-state index in [1.165, 1.54) is 19.3 Å². The SMILES string of the molecule is O=C(c1ccnc(OC2CCCCC2)c1)N1CCC(N2CCCNC2=O)CC1. The third kappa shape index (κ3) is 4.39. The van der Waals surface area contributed by atoms with Gasteiger partial charge in [-0.2, -0.15) is 0 Å². The van der Waals surface area contributed by atoms with Gasteiger partial charge in [0.2, 0.25) is 5.88 Å². The lowest BCUT2D eigenvalue weighted by Crippen LogP contribution is -2.54. The molecule has 0 atom stereocenters. The molecule has 7 heteroatoms. The van der Waals surface area contributed by atoms with Gasteiger partial charge < -0.3 is 19.9 Å². The average Bonchev–Trinajstić information content (AvgIpc) is 2.75. The minimum absolute atomic E-state index is 0.0254. The summed E-state index contributed by atoms with van der Waals surface area (Å²) in [5.74, 6) is 0.579. The van der Waals surface area contributed by atoms with Gasteiger partial charge >= 0.3 is 6.03 Å². The largest absolute Gasteiger partial charge is 0.474 e. The van der Waals surface area contributed by atoms with Crippen LogP contribution in [0.2, 0.25) is 0 Å². The Morgan fingerprint density at radius 2 is 1.86 bits per heavy atom. The van der Waals surface area contributed by atoms with Crippen molar-refractivity contribution in [1.29, 1.82) is 0 Å². The Hall–Kier alpha value is -2.31. The molecule has 4 rings (SSSR count). The summed E-state index contributed by atoms with van der Waals surface area (Å²) in [6, 6.07) is 3.81. The van der Waals surface area contributed by atoms with E-state index >= 15 is 0 Å². The molecule has 1 saturated carbocycles. The number of carbonyl (C=O) groups excluding carboxylic acids is 2. The molecular weight excluding hydrogens is 356 g/mol. The number of rotatable bonds is 4. The Kier molecular flexibility index (Phi) is 5.98. The number of nitrogens with zero attached hydrogens (tertiary/aromatic N) is 3. The molecule has 7 nitrogen and oxygen atoms in total. The normalized spacial score (nSPS) is 22.1. The Morgan fingerprint density at radius 3 is 2.61 bits per heavy atom. The molecule has 0 spiro atoms. The molecular formula is C21H30N4O3. The van der Waals surface area contributed by atoms with Gasteiger partial charge in [0, 0.05) is 50.0 Å². The summed E-state index contributed by atoms with van der Waals surface area (Å²) >= 11 is 0. The predicted molar refractivity (Wildman–Crippen MR) is 105 cm³/mol. The van der Waals surface area contributed by atoms with Crippen LogP contribution in [0.3, 0.4) is 0 Å². The molecule has 1 aromatic rings. The minimum atomic E-state index is 0.0254. The fourth-order valence-corrected chi connectivity index (χ4v) is 4.52. The molecule has 3 aliphatic rings. The van der Waals surface area contributed by atoms with Gasteiger partial charge in [-0.05, 0) is 51.0 Å². The highest BCUT2D eigenvalue weighted by Crippen LogP contribution is 2.24. The van der Waals surface area contributed by atoms with E-state index in [2.05, 4.69) is 10.3 Å². The van der Waals surface area contributed by atoms with Crippen LogP contribution in [0.1, 0.15) is 61.7 Å². The first-order chi connectivity index (χ1) is 13.7. The Bertz CT molecular complexity index is 697. The highest BCUT2D eigenvalue weighted by atomic mass is 16.5. The van der Waals surface area contributed by atoms with E-state index in [0.29, 0.717) is 24.5 Å². The fourth-order valence-electron chi connectivity index (χ4n) is 4.52. The lowest BCUT2D eigenvalue weighted by Gasteiger charge is -2.40. The second-order valence-electron chi connectivity index (χ2n) is 8.06. The van der Waals surface area contributed by atoms with Gasteiger partial charge in [0.05, 0.1) is 0 Å². The Morgan fingerprint density at radius 1 is 1.07 bits per heavy atom. The lowest BCUT2D eigenvalue weighted by atomic mass is 9.98. The predicted octanol–water partition coefficient (Wildman–Crippen LogP) is 2.81. The topological polar surface area (TPSA) is 74.8 Å². The number of amides is 3. The molecule has 28 heavy (non-hydrogen) atoms. The minimum Gasteiger partial charge on any atom is -0.474 e. The summed E-state index contributed by atoms with van der Waals surface area (Å²) in [5.41, 5.74) is 0.634. The van der Waals surface area contributed by atoms with Crippen LogP contribution >= 0.6 is 0 Å². The maximum atomic E-state index is 12.9. The number of likely N-dealkylation sites (tertiary alicyclic amines) is 1. The molecule has 2 aliphatic heterocycles. The highest BCUT2D eigenvalue weighted by Gasteiger charge is 2.31. The molecule has 2 saturated heterocycles. The van der Waals surface area contributed by atoms with Crippen molar-refractivity contribution >= 4 is 11.9 Å². The molecule has 1 N–H and O–H groups in total. The quantitative estimate of drug-likeness (QED) is 0.863. The van der Waals surface area contributed by atoms with Crippen LogP contribution in [0, 0.1) is 0 Å². The van der Waals surface area contributed by atoms with Gasteiger partial charge in [-0.3, -0.25) is 4.79 Å². The molecule has 0 unspecified atom stereocenters. The maximum absolute atomic E-state index is 12.9. The maximum Gasteiger partial charge on any atom is 0.317 e. The molecule has 1 aliphatic carbocycles. The van der Waals surface area contributed by atoms with Crippen molar-refractivity contribution in [1.82, 2.24) is 20.1 Å². The number of ether oxygens (including phenoxy) is 1. The molecule has 152 valence electrons. The van der Waals surface area contributed by atoms with Gasteiger partial charge in [-0.25, -0.2) is 9.78 Å². The fraction of sp³-hybridized carbons (Fsp3) is 0.667. The molecule has 1 aromatic heterocycles. The third-order valence-electron chi connectivity index (χ3n) is 6.13. The zero-order valence-electron chi connectivity index (χ0n) is 16.4. The summed E-state index contributed by atoms with van der Waals surface area (Å²) in [4.78, 5) is 33.1. The van der Waals surface area contributed by atoms with E-state index in [9.17, 15) is 9.59 Å². The number of piperidine rings is 1. The molecule has 3 fully saturated rings. The summed E-state index contributed by atoms with van der Waals surface area (Å²) in [6.07, 6.45) is 10.3. The smallest absolute Gasteiger partial charge is 0.317 e. The van der Waals surface area contributed by atoms with Crippen molar-refractivity contribution in [3.05, 3.63) is 23.9 Å². The number of nitrogens with one attached hydrogen (secondary N) is 1. The van der Waals surface area contributed by atoms with Crippen molar-refractivity contribution in [2.45, 2.75) is 63.5 Å². The van der Waals surface area contributed by atoms with Crippen molar-refractivity contribution in [2.75, 3.05) is 26.2 Å². The van der Waals surface area contributed by atoms with Gasteiger partial charge in [0.1, 0.15) is 6.10 Å². The Labute approximate surface area is 166 Å².